The highest BCUT2D eigenvalue weighted by Gasteiger charge is 2.15. The van der Waals surface area contributed by atoms with Crippen molar-refractivity contribution in [1.82, 2.24) is 8.97 Å². The average Bonchev–Trinajstić information content (AvgIpc) is 2.81. The third-order valence-electron chi connectivity index (χ3n) is 3.17. The van der Waals surface area contributed by atoms with Gasteiger partial charge in [0.1, 0.15) is 5.52 Å². The van der Waals surface area contributed by atoms with Gasteiger partial charge in [-0.1, -0.05) is 18.2 Å². The molecule has 20 heavy (non-hydrogen) atoms. The summed E-state index contributed by atoms with van der Waals surface area (Å²) in [5.74, 6) is -0.561. The molecule has 0 saturated heterocycles. The average molecular weight is 269 g/mol. The third kappa shape index (κ3) is 1.75. The molecule has 100 valence electrons. The van der Waals surface area contributed by atoms with Crippen molar-refractivity contribution in [1.29, 1.82) is 5.41 Å². The molecular formula is C15H12FN3O. The van der Waals surface area contributed by atoms with Crippen LogP contribution in [0.15, 0.2) is 53.6 Å². The SMILES string of the molecule is CC(=N)c1cn2ccc(F)c2c(=O)n1-c1ccccc1. The minimum Gasteiger partial charge on any atom is -0.314 e. The molecule has 2 aromatic heterocycles. The fourth-order valence-corrected chi connectivity index (χ4v) is 2.25. The van der Waals surface area contributed by atoms with Crippen LogP contribution in [-0.2, 0) is 0 Å². The summed E-state index contributed by atoms with van der Waals surface area (Å²) in [6.45, 7) is 1.60. The Morgan fingerprint density at radius 1 is 1.20 bits per heavy atom. The van der Waals surface area contributed by atoms with Crippen LogP contribution in [0.25, 0.3) is 11.2 Å². The number of para-hydroxylation sites is 1. The van der Waals surface area contributed by atoms with E-state index < -0.39 is 11.4 Å². The number of halogens is 1. The predicted octanol–water partition coefficient (Wildman–Crippen LogP) is 2.62. The number of aromatic nitrogens is 2. The zero-order chi connectivity index (χ0) is 14.3. The normalized spacial score (nSPS) is 10.9. The fourth-order valence-electron chi connectivity index (χ4n) is 2.25. The van der Waals surface area contributed by atoms with Crippen LogP contribution in [0.2, 0.25) is 0 Å². The van der Waals surface area contributed by atoms with Crippen LogP contribution in [-0.4, -0.2) is 14.7 Å². The monoisotopic (exact) mass is 269 g/mol. The first kappa shape index (κ1) is 12.3. The molecule has 1 aromatic carbocycles. The van der Waals surface area contributed by atoms with Gasteiger partial charge in [0.15, 0.2) is 5.82 Å². The van der Waals surface area contributed by atoms with Crippen molar-refractivity contribution in [3.63, 3.8) is 0 Å². The van der Waals surface area contributed by atoms with E-state index in [4.69, 9.17) is 5.41 Å². The highest BCUT2D eigenvalue weighted by Crippen LogP contribution is 2.13. The first-order valence-electron chi connectivity index (χ1n) is 6.13. The van der Waals surface area contributed by atoms with Gasteiger partial charge >= 0.3 is 0 Å². The maximum atomic E-state index is 13.7. The second kappa shape index (κ2) is 4.45. The number of hydrogen-bond acceptors (Lipinski definition) is 2. The van der Waals surface area contributed by atoms with Crippen LogP contribution in [0.4, 0.5) is 4.39 Å². The zero-order valence-corrected chi connectivity index (χ0v) is 10.8. The molecular weight excluding hydrogens is 257 g/mol. The van der Waals surface area contributed by atoms with E-state index >= 15 is 0 Å². The van der Waals surface area contributed by atoms with Crippen LogP contribution in [0.1, 0.15) is 12.6 Å². The molecule has 0 atom stereocenters. The van der Waals surface area contributed by atoms with Crippen LogP contribution in [0, 0.1) is 11.2 Å². The van der Waals surface area contributed by atoms with E-state index in [0.29, 0.717) is 11.4 Å². The van der Waals surface area contributed by atoms with Crippen LogP contribution in [0.3, 0.4) is 0 Å². The largest absolute Gasteiger partial charge is 0.314 e. The number of nitrogens with one attached hydrogen (secondary N) is 1. The van der Waals surface area contributed by atoms with Gasteiger partial charge in [0.25, 0.3) is 5.56 Å². The number of fused-ring (bicyclic) bond motifs is 1. The first-order chi connectivity index (χ1) is 9.59. The summed E-state index contributed by atoms with van der Waals surface area (Å²) in [5, 5.41) is 7.84. The lowest BCUT2D eigenvalue weighted by Crippen LogP contribution is -2.26. The smallest absolute Gasteiger partial charge is 0.282 e. The molecule has 3 aromatic rings. The lowest BCUT2D eigenvalue weighted by Gasteiger charge is -2.13. The predicted molar refractivity (Wildman–Crippen MR) is 75.5 cm³/mol. The van der Waals surface area contributed by atoms with E-state index in [1.54, 1.807) is 37.4 Å². The van der Waals surface area contributed by atoms with E-state index in [1.165, 1.54) is 21.2 Å². The molecule has 0 aliphatic rings. The minimum atomic E-state index is -0.561. The summed E-state index contributed by atoms with van der Waals surface area (Å²) < 4.78 is 16.5. The topological polar surface area (TPSA) is 50.3 Å². The lowest BCUT2D eigenvalue weighted by atomic mass is 10.2. The van der Waals surface area contributed by atoms with E-state index in [0.717, 1.165) is 0 Å². The van der Waals surface area contributed by atoms with E-state index in [2.05, 4.69) is 0 Å². The zero-order valence-electron chi connectivity index (χ0n) is 10.8. The third-order valence-corrected chi connectivity index (χ3v) is 3.17. The maximum absolute atomic E-state index is 13.7. The Kier molecular flexibility index (Phi) is 2.75. The fraction of sp³-hybridized carbons (Fsp3) is 0.0667. The molecule has 1 N–H and O–H groups in total. The van der Waals surface area contributed by atoms with Gasteiger partial charge in [-0.25, -0.2) is 4.39 Å². The van der Waals surface area contributed by atoms with E-state index in [1.807, 2.05) is 6.07 Å². The molecule has 2 heterocycles. The summed E-state index contributed by atoms with van der Waals surface area (Å²) in [4.78, 5) is 12.5. The van der Waals surface area contributed by atoms with Crippen molar-refractivity contribution in [2.75, 3.05) is 0 Å². The summed E-state index contributed by atoms with van der Waals surface area (Å²) in [6.07, 6.45) is 3.07. The van der Waals surface area contributed by atoms with Gasteiger partial charge in [0.2, 0.25) is 0 Å². The van der Waals surface area contributed by atoms with Gasteiger partial charge in [-0.3, -0.25) is 9.36 Å². The highest BCUT2D eigenvalue weighted by atomic mass is 19.1. The van der Waals surface area contributed by atoms with Crippen molar-refractivity contribution in [3.05, 3.63) is 70.7 Å². The first-order valence-corrected chi connectivity index (χ1v) is 6.13. The molecule has 0 spiro atoms. The van der Waals surface area contributed by atoms with Gasteiger partial charge in [-0.15, -0.1) is 0 Å². The number of nitrogens with zero attached hydrogens (tertiary/aromatic N) is 2. The van der Waals surface area contributed by atoms with Crippen LogP contribution >= 0.6 is 0 Å². The Balaban J connectivity index is 2.48. The van der Waals surface area contributed by atoms with Gasteiger partial charge < -0.3 is 9.81 Å². The molecule has 0 amide bonds. The lowest BCUT2D eigenvalue weighted by molar-refractivity contribution is 0.638. The molecule has 0 unspecified atom stereocenters. The molecule has 0 aliphatic carbocycles. The Morgan fingerprint density at radius 3 is 2.55 bits per heavy atom. The summed E-state index contributed by atoms with van der Waals surface area (Å²) in [5.41, 5.74) is 0.801. The molecule has 4 nitrogen and oxygen atoms in total. The molecule has 3 rings (SSSR count). The van der Waals surface area contributed by atoms with Gasteiger partial charge in [-0.05, 0) is 25.1 Å². The van der Waals surface area contributed by atoms with Crippen molar-refractivity contribution >= 4 is 11.2 Å². The highest BCUT2D eigenvalue weighted by molar-refractivity contribution is 5.95. The molecule has 5 heteroatoms. The summed E-state index contributed by atoms with van der Waals surface area (Å²) >= 11 is 0. The maximum Gasteiger partial charge on any atom is 0.282 e. The van der Waals surface area contributed by atoms with E-state index in [-0.39, 0.29) is 11.2 Å². The summed E-state index contributed by atoms with van der Waals surface area (Å²) in [7, 11) is 0. The standard InChI is InChI=1S/C15H12FN3O/c1-10(17)13-9-18-8-7-12(16)14(18)15(20)19(13)11-5-3-2-4-6-11/h2-9,17H,1H3. The molecule has 0 radical (unpaired) electrons. The van der Waals surface area contributed by atoms with Gasteiger partial charge in [0, 0.05) is 18.1 Å². The van der Waals surface area contributed by atoms with Gasteiger partial charge in [-0.2, -0.15) is 0 Å². The number of rotatable bonds is 2. The Labute approximate surface area is 114 Å². The number of benzene rings is 1. The van der Waals surface area contributed by atoms with E-state index in [9.17, 15) is 9.18 Å². The molecule has 0 fully saturated rings. The second-order valence-corrected chi connectivity index (χ2v) is 4.54. The van der Waals surface area contributed by atoms with Crippen molar-refractivity contribution in [2.45, 2.75) is 6.92 Å². The molecule has 0 saturated carbocycles. The second-order valence-electron chi connectivity index (χ2n) is 4.54. The number of hydrogen-bond donors (Lipinski definition) is 1. The quantitative estimate of drug-likeness (QED) is 0.714. The van der Waals surface area contributed by atoms with Crippen molar-refractivity contribution in [3.8, 4) is 5.69 Å². The Morgan fingerprint density at radius 2 is 1.90 bits per heavy atom. The van der Waals surface area contributed by atoms with Crippen LogP contribution in [0.5, 0.6) is 0 Å². The Bertz CT molecular complexity index is 862. The molecule has 0 aliphatic heterocycles. The van der Waals surface area contributed by atoms with Crippen LogP contribution < -0.4 is 5.56 Å². The summed E-state index contributed by atoms with van der Waals surface area (Å²) in [6, 6.07) is 10.2. The Hall–Kier alpha value is -2.69. The van der Waals surface area contributed by atoms with Crippen molar-refractivity contribution < 1.29 is 4.39 Å². The van der Waals surface area contributed by atoms with Gasteiger partial charge in [0.05, 0.1) is 11.4 Å². The minimum absolute atomic E-state index is 0.0150. The van der Waals surface area contributed by atoms with Crippen molar-refractivity contribution in [2.24, 2.45) is 0 Å². The molecule has 0 bridgehead atoms.